The average Bonchev–Trinajstić information content (AvgIpc) is 2.54. The standard InChI is InChI=1S/C16H17ClN2O4/c1-18-14(20)12-7-6-9(8-13(12)17)19-15(21)10-4-2-3-5-11(10)16(22)23/h2-3,6-8,10-11H,4-5H2,1H3,(H,18,20)(H,19,21)(H,22,23)/t10-,11-/m1/s1. The van der Waals surface area contributed by atoms with Crippen LogP contribution in [-0.2, 0) is 9.59 Å². The van der Waals surface area contributed by atoms with Crippen LogP contribution in [-0.4, -0.2) is 29.9 Å². The molecule has 0 aliphatic heterocycles. The normalized spacial score (nSPS) is 19.9. The average molecular weight is 337 g/mol. The van der Waals surface area contributed by atoms with E-state index in [0.29, 0.717) is 24.1 Å². The fraction of sp³-hybridized carbons (Fsp3) is 0.312. The van der Waals surface area contributed by atoms with Gasteiger partial charge in [0.25, 0.3) is 5.91 Å². The second-order valence-corrected chi connectivity index (χ2v) is 5.66. The molecular weight excluding hydrogens is 320 g/mol. The van der Waals surface area contributed by atoms with Crippen LogP contribution in [0.15, 0.2) is 30.4 Å². The highest BCUT2D eigenvalue weighted by molar-refractivity contribution is 6.34. The van der Waals surface area contributed by atoms with Gasteiger partial charge in [-0.25, -0.2) is 0 Å². The van der Waals surface area contributed by atoms with Crippen molar-refractivity contribution in [3.05, 3.63) is 40.9 Å². The fourth-order valence-electron chi connectivity index (χ4n) is 2.52. The third-order valence-electron chi connectivity index (χ3n) is 3.79. The van der Waals surface area contributed by atoms with Crippen LogP contribution in [0.25, 0.3) is 0 Å². The number of hydrogen-bond acceptors (Lipinski definition) is 3. The molecule has 0 heterocycles. The van der Waals surface area contributed by atoms with Crippen LogP contribution in [0.2, 0.25) is 5.02 Å². The van der Waals surface area contributed by atoms with Gasteiger partial charge in [0.05, 0.1) is 22.4 Å². The van der Waals surface area contributed by atoms with Crippen LogP contribution in [0.5, 0.6) is 0 Å². The molecule has 7 heteroatoms. The molecule has 0 radical (unpaired) electrons. The number of carbonyl (C=O) groups excluding carboxylic acids is 2. The Morgan fingerprint density at radius 2 is 1.83 bits per heavy atom. The van der Waals surface area contributed by atoms with Gasteiger partial charge in [-0.2, -0.15) is 0 Å². The minimum Gasteiger partial charge on any atom is -0.481 e. The van der Waals surface area contributed by atoms with E-state index in [4.69, 9.17) is 11.6 Å². The molecule has 0 saturated carbocycles. The number of allylic oxidation sites excluding steroid dienone is 2. The lowest BCUT2D eigenvalue weighted by atomic mass is 9.82. The molecule has 6 nitrogen and oxygen atoms in total. The van der Waals surface area contributed by atoms with Crippen LogP contribution < -0.4 is 10.6 Å². The summed E-state index contributed by atoms with van der Waals surface area (Å²) in [4.78, 5) is 35.2. The highest BCUT2D eigenvalue weighted by atomic mass is 35.5. The maximum atomic E-state index is 12.3. The molecule has 2 atom stereocenters. The third kappa shape index (κ3) is 3.90. The number of carbonyl (C=O) groups is 3. The Hall–Kier alpha value is -2.34. The summed E-state index contributed by atoms with van der Waals surface area (Å²) in [6, 6.07) is 4.54. The number of rotatable bonds is 4. The SMILES string of the molecule is CNC(=O)c1ccc(NC(=O)[C@@H]2CC=CC[C@H]2C(=O)O)cc1Cl. The van der Waals surface area contributed by atoms with Gasteiger partial charge >= 0.3 is 5.97 Å². The molecule has 0 fully saturated rings. The van der Waals surface area contributed by atoms with E-state index < -0.39 is 17.8 Å². The minimum atomic E-state index is -0.984. The number of nitrogens with one attached hydrogen (secondary N) is 2. The van der Waals surface area contributed by atoms with Gasteiger partial charge in [-0.15, -0.1) is 0 Å². The van der Waals surface area contributed by atoms with Gasteiger partial charge < -0.3 is 15.7 Å². The Morgan fingerprint density at radius 1 is 1.17 bits per heavy atom. The first kappa shape index (κ1) is 17.0. The molecule has 1 aliphatic carbocycles. The molecule has 2 amide bonds. The van der Waals surface area contributed by atoms with E-state index in [9.17, 15) is 19.5 Å². The van der Waals surface area contributed by atoms with Crippen molar-refractivity contribution in [1.82, 2.24) is 5.32 Å². The van der Waals surface area contributed by atoms with Crippen molar-refractivity contribution in [3.63, 3.8) is 0 Å². The van der Waals surface area contributed by atoms with Gasteiger partial charge in [-0.05, 0) is 31.0 Å². The Labute approximate surface area is 138 Å². The monoisotopic (exact) mass is 336 g/mol. The highest BCUT2D eigenvalue weighted by Crippen LogP contribution is 2.28. The smallest absolute Gasteiger partial charge is 0.307 e. The van der Waals surface area contributed by atoms with Crippen molar-refractivity contribution in [1.29, 1.82) is 0 Å². The van der Waals surface area contributed by atoms with Crippen LogP contribution in [0, 0.1) is 11.8 Å². The molecule has 0 saturated heterocycles. The first-order valence-corrected chi connectivity index (χ1v) is 7.52. The lowest BCUT2D eigenvalue weighted by Crippen LogP contribution is -2.34. The van der Waals surface area contributed by atoms with Crippen molar-refractivity contribution in [2.45, 2.75) is 12.8 Å². The molecule has 0 bridgehead atoms. The summed E-state index contributed by atoms with van der Waals surface area (Å²) in [5.41, 5.74) is 0.725. The summed E-state index contributed by atoms with van der Waals surface area (Å²) in [7, 11) is 1.50. The highest BCUT2D eigenvalue weighted by Gasteiger charge is 2.34. The zero-order chi connectivity index (χ0) is 17.0. The van der Waals surface area contributed by atoms with Crippen LogP contribution in [0.1, 0.15) is 23.2 Å². The maximum Gasteiger partial charge on any atom is 0.307 e. The number of aliphatic carboxylic acids is 1. The van der Waals surface area contributed by atoms with Crippen molar-refractivity contribution >= 4 is 35.1 Å². The van der Waals surface area contributed by atoms with Crippen LogP contribution in [0.3, 0.4) is 0 Å². The Morgan fingerprint density at radius 3 is 2.39 bits per heavy atom. The molecule has 23 heavy (non-hydrogen) atoms. The zero-order valence-electron chi connectivity index (χ0n) is 12.5. The van der Waals surface area contributed by atoms with Crippen LogP contribution in [0.4, 0.5) is 5.69 Å². The van der Waals surface area contributed by atoms with E-state index in [1.165, 1.54) is 19.2 Å². The Kier molecular flexibility index (Phi) is 5.39. The fourth-order valence-corrected chi connectivity index (χ4v) is 2.79. The summed E-state index contributed by atoms with van der Waals surface area (Å²) >= 11 is 6.03. The molecule has 1 aromatic rings. The topological polar surface area (TPSA) is 95.5 Å². The molecule has 2 rings (SSSR count). The van der Waals surface area contributed by atoms with E-state index in [1.54, 1.807) is 12.1 Å². The van der Waals surface area contributed by atoms with Gasteiger partial charge in [0, 0.05) is 12.7 Å². The quantitative estimate of drug-likeness (QED) is 0.735. The third-order valence-corrected chi connectivity index (χ3v) is 4.11. The minimum absolute atomic E-state index is 0.209. The second-order valence-electron chi connectivity index (χ2n) is 5.26. The lowest BCUT2D eigenvalue weighted by Gasteiger charge is -2.24. The number of carboxylic acids is 1. The van der Waals surface area contributed by atoms with Gasteiger partial charge in [-0.3, -0.25) is 14.4 Å². The summed E-state index contributed by atoms with van der Waals surface area (Å²) in [5, 5.41) is 14.6. The van der Waals surface area contributed by atoms with E-state index in [2.05, 4.69) is 10.6 Å². The van der Waals surface area contributed by atoms with Gasteiger partial charge in [0.2, 0.25) is 5.91 Å². The number of amides is 2. The summed E-state index contributed by atoms with van der Waals surface area (Å²) in [6.07, 6.45) is 4.31. The Balaban J connectivity index is 2.14. The van der Waals surface area contributed by atoms with Gasteiger partial charge in [0.1, 0.15) is 0 Å². The molecule has 1 aliphatic rings. The van der Waals surface area contributed by atoms with Crippen molar-refractivity contribution in [2.24, 2.45) is 11.8 Å². The molecule has 0 aromatic heterocycles. The van der Waals surface area contributed by atoms with E-state index in [0.717, 1.165) is 0 Å². The van der Waals surface area contributed by atoms with E-state index in [-0.39, 0.29) is 16.8 Å². The van der Waals surface area contributed by atoms with E-state index in [1.807, 2.05) is 6.08 Å². The molecular formula is C16H17ClN2O4. The zero-order valence-corrected chi connectivity index (χ0v) is 13.3. The lowest BCUT2D eigenvalue weighted by molar-refractivity contribution is -0.146. The summed E-state index contributed by atoms with van der Waals surface area (Å²) in [6.45, 7) is 0. The number of halogens is 1. The molecule has 3 N–H and O–H groups in total. The first-order chi connectivity index (χ1) is 10.9. The maximum absolute atomic E-state index is 12.3. The Bertz CT molecular complexity index is 672. The molecule has 0 unspecified atom stereocenters. The predicted molar refractivity (Wildman–Crippen MR) is 86.5 cm³/mol. The molecule has 0 spiro atoms. The van der Waals surface area contributed by atoms with Gasteiger partial charge in [0.15, 0.2) is 0 Å². The summed E-state index contributed by atoms with van der Waals surface area (Å²) < 4.78 is 0. The first-order valence-electron chi connectivity index (χ1n) is 7.14. The van der Waals surface area contributed by atoms with Crippen molar-refractivity contribution in [2.75, 3.05) is 12.4 Å². The second kappa shape index (κ2) is 7.28. The molecule has 122 valence electrons. The number of carboxylic acid groups (broad SMARTS) is 1. The molecule has 1 aromatic carbocycles. The van der Waals surface area contributed by atoms with Crippen molar-refractivity contribution < 1.29 is 19.5 Å². The predicted octanol–water partition coefficient (Wildman–Crippen LogP) is 2.31. The number of hydrogen-bond donors (Lipinski definition) is 3. The number of benzene rings is 1. The van der Waals surface area contributed by atoms with E-state index >= 15 is 0 Å². The number of anilines is 1. The van der Waals surface area contributed by atoms with Crippen molar-refractivity contribution in [3.8, 4) is 0 Å². The van der Waals surface area contributed by atoms with Crippen LogP contribution >= 0.6 is 11.6 Å². The van der Waals surface area contributed by atoms with Gasteiger partial charge in [-0.1, -0.05) is 23.8 Å². The summed E-state index contributed by atoms with van der Waals surface area (Å²) in [5.74, 6) is -3.04. The largest absolute Gasteiger partial charge is 0.481 e.